The van der Waals surface area contributed by atoms with Crippen molar-refractivity contribution in [3.8, 4) is 0 Å². The molecule has 0 aliphatic carbocycles. The monoisotopic (exact) mass is 251 g/mol. The lowest BCUT2D eigenvalue weighted by Gasteiger charge is -2.40. The SMILES string of the molecule is C=CC(=C)C(=N)NC1CN(C(=O)OC(C)(C)C)C1. The number of amidine groups is 1. The van der Waals surface area contributed by atoms with Gasteiger partial charge in [0.15, 0.2) is 0 Å². The Hall–Kier alpha value is -1.78. The largest absolute Gasteiger partial charge is 0.444 e. The molecule has 0 unspecified atom stereocenters. The Morgan fingerprint density at radius 2 is 2.06 bits per heavy atom. The van der Waals surface area contributed by atoms with Crippen LogP contribution >= 0.6 is 0 Å². The molecule has 1 fully saturated rings. The van der Waals surface area contributed by atoms with Crippen LogP contribution in [0.5, 0.6) is 0 Å². The predicted molar refractivity (Wildman–Crippen MR) is 71.8 cm³/mol. The van der Waals surface area contributed by atoms with E-state index < -0.39 is 5.60 Å². The van der Waals surface area contributed by atoms with Crippen LogP contribution in [-0.4, -0.2) is 41.6 Å². The summed E-state index contributed by atoms with van der Waals surface area (Å²) < 4.78 is 5.24. The van der Waals surface area contributed by atoms with Gasteiger partial charge in [-0.05, 0) is 20.8 Å². The summed E-state index contributed by atoms with van der Waals surface area (Å²) in [7, 11) is 0. The minimum atomic E-state index is -0.473. The number of amides is 1. The number of hydrogen-bond acceptors (Lipinski definition) is 3. The van der Waals surface area contributed by atoms with Crippen LogP contribution in [-0.2, 0) is 4.74 Å². The van der Waals surface area contributed by atoms with E-state index in [-0.39, 0.29) is 18.0 Å². The van der Waals surface area contributed by atoms with E-state index in [9.17, 15) is 4.79 Å². The van der Waals surface area contributed by atoms with Crippen molar-refractivity contribution in [2.24, 2.45) is 0 Å². The number of likely N-dealkylation sites (tertiary alicyclic amines) is 1. The van der Waals surface area contributed by atoms with Gasteiger partial charge in [-0.2, -0.15) is 0 Å². The summed E-state index contributed by atoms with van der Waals surface area (Å²) in [6, 6.07) is 0.0849. The first-order chi connectivity index (χ1) is 8.23. The van der Waals surface area contributed by atoms with Crippen molar-refractivity contribution < 1.29 is 9.53 Å². The summed E-state index contributed by atoms with van der Waals surface area (Å²) in [5.41, 5.74) is 0.0742. The zero-order valence-corrected chi connectivity index (χ0v) is 11.2. The normalized spacial score (nSPS) is 15.6. The van der Waals surface area contributed by atoms with Gasteiger partial charge in [-0.3, -0.25) is 5.41 Å². The Labute approximate surface area is 108 Å². The zero-order chi connectivity index (χ0) is 13.9. The molecule has 5 heteroatoms. The molecule has 18 heavy (non-hydrogen) atoms. The zero-order valence-electron chi connectivity index (χ0n) is 11.2. The molecule has 5 nitrogen and oxygen atoms in total. The summed E-state index contributed by atoms with van der Waals surface area (Å²) in [4.78, 5) is 13.3. The van der Waals surface area contributed by atoms with Gasteiger partial charge in [-0.1, -0.05) is 19.2 Å². The van der Waals surface area contributed by atoms with Crippen LogP contribution in [0.25, 0.3) is 0 Å². The van der Waals surface area contributed by atoms with Gasteiger partial charge in [0.2, 0.25) is 0 Å². The number of carbonyl (C=O) groups is 1. The molecule has 1 aliphatic rings. The molecule has 0 radical (unpaired) electrons. The standard InChI is InChI=1S/C13H21N3O2/c1-6-9(2)11(14)15-10-7-16(8-10)12(17)18-13(3,4)5/h6,10H,1-2,7-8H2,3-5H3,(H2,14,15). The van der Waals surface area contributed by atoms with Crippen molar-refractivity contribution in [2.75, 3.05) is 13.1 Å². The van der Waals surface area contributed by atoms with Crippen LogP contribution in [0.2, 0.25) is 0 Å². The van der Waals surface area contributed by atoms with Gasteiger partial charge >= 0.3 is 6.09 Å². The van der Waals surface area contributed by atoms with E-state index in [0.29, 0.717) is 18.7 Å². The maximum Gasteiger partial charge on any atom is 0.410 e. The third-order valence-electron chi connectivity index (χ3n) is 2.45. The molecule has 100 valence electrons. The molecule has 1 rings (SSSR count). The molecule has 0 aromatic carbocycles. The highest BCUT2D eigenvalue weighted by molar-refractivity contribution is 5.98. The topological polar surface area (TPSA) is 65.4 Å². The number of nitrogens with zero attached hydrogens (tertiary/aromatic N) is 1. The van der Waals surface area contributed by atoms with Crippen molar-refractivity contribution in [1.29, 1.82) is 5.41 Å². The summed E-state index contributed by atoms with van der Waals surface area (Å²) in [6.07, 6.45) is 1.22. The number of ether oxygens (including phenoxy) is 1. The molecule has 1 heterocycles. The predicted octanol–water partition coefficient (Wildman–Crippen LogP) is 1.91. The molecule has 1 aliphatic heterocycles. The maximum absolute atomic E-state index is 11.7. The fraction of sp³-hybridized carbons (Fsp3) is 0.538. The number of rotatable bonds is 3. The number of hydrogen-bond donors (Lipinski definition) is 2. The van der Waals surface area contributed by atoms with Gasteiger partial charge < -0.3 is 15.0 Å². The van der Waals surface area contributed by atoms with Gasteiger partial charge in [0, 0.05) is 18.7 Å². The van der Waals surface area contributed by atoms with Crippen LogP contribution in [0.1, 0.15) is 20.8 Å². The van der Waals surface area contributed by atoms with Gasteiger partial charge in [0.05, 0.1) is 6.04 Å². The third kappa shape index (κ3) is 3.91. The molecule has 0 spiro atoms. The Morgan fingerprint density at radius 3 is 2.50 bits per heavy atom. The molecule has 0 bridgehead atoms. The van der Waals surface area contributed by atoms with Gasteiger partial charge in [0.1, 0.15) is 11.4 Å². The molecular formula is C13H21N3O2. The van der Waals surface area contributed by atoms with Crippen molar-refractivity contribution in [1.82, 2.24) is 10.2 Å². The molecule has 0 aromatic heterocycles. The molecule has 1 saturated heterocycles. The van der Waals surface area contributed by atoms with E-state index in [0.717, 1.165) is 0 Å². The van der Waals surface area contributed by atoms with E-state index >= 15 is 0 Å². The quantitative estimate of drug-likeness (QED) is 0.457. The molecule has 2 N–H and O–H groups in total. The summed E-state index contributed by atoms with van der Waals surface area (Å²) in [5, 5.41) is 10.6. The van der Waals surface area contributed by atoms with E-state index in [2.05, 4.69) is 18.5 Å². The van der Waals surface area contributed by atoms with E-state index in [1.54, 1.807) is 4.90 Å². The fourth-order valence-electron chi connectivity index (χ4n) is 1.44. The fourth-order valence-corrected chi connectivity index (χ4v) is 1.44. The highest BCUT2D eigenvalue weighted by Crippen LogP contribution is 2.15. The van der Waals surface area contributed by atoms with Crippen LogP contribution in [0.3, 0.4) is 0 Å². The van der Waals surface area contributed by atoms with Crippen molar-refractivity contribution >= 4 is 11.9 Å². The number of nitrogens with one attached hydrogen (secondary N) is 2. The third-order valence-corrected chi connectivity index (χ3v) is 2.45. The average Bonchev–Trinajstić information content (AvgIpc) is 2.18. The van der Waals surface area contributed by atoms with E-state index in [4.69, 9.17) is 10.1 Å². The average molecular weight is 251 g/mol. The Bertz CT molecular complexity index is 376. The van der Waals surface area contributed by atoms with Gasteiger partial charge in [-0.15, -0.1) is 0 Å². The summed E-state index contributed by atoms with van der Waals surface area (Å²) in [5.74, 6) is 0.249. The lowest BCUT2D eigenvalue weighted by molar-refractivity contribution is 0.00709. The summed E-state index contributed by atoms with van der Waals surface area (Å²) >= 11 is 0. The van der Waals surface area contributed by atoms with Gasteiger partial charge in [0.25, 0.3) is 0 Å². The Kier molecular flexibility index (Phi) is 4.16. The highest BCUT2D eigenvalue weighted by Gasteiger charge is 2.33. The second-order valence-corrected chi connectivity index (χ2v) is 5.33. The Morgan fingerprint density at radius 1 is 1.50 bits per heavy atom. The minimum Gasteiger partial charge on any atom is -0.444 e. The second kappa shape index (κ2) is 5.25. The first-order valence-corrected chi connectivity index (χ1v) is 5.87. The van der Waals surface area contributed by atoms with Crippen molar-refractivity contribution in [3.63, 3.8) is 0 Å². The second-order valence-electron chi connectivity index (χ2n) is 5.33. The molecular weight excluding hydrogens is 230 g/mol. The van der Waals surface area contributed by atoms with Crippen LogP contribution in [0.15, 0.2) is 24.8 Å². The first-order valence-electron chi connectivity index (χ1n) is 5.87. The highest BCUT2D eigenvalue weighted by atomic mass is 16.6. The Balaban J connectivity index is 2.32. The minimum absolute atomic E-state index is 0.0849. The van der Waals surface area contributed by atoms with Crippen molar-refractivity contribution in [3.05, 3.63) is 24.8 Å². The van der Waals surface area contributed by atoms with E-state index in [1.165, 1.54) is 6.08 Å². The smallest absolute Gasteiger partial charge is 0.410 e. The summed E-state index contributed by atoms with van der Waals surface area (Å²) in [6.45, 7) is 13.8. The van der Waals surface area contributed by atoms with Crippen LogP contribution < -0.4 is 5.32 Å². The molecule has 0 saturated carbocycles. The van der Waals surface area contributed by atoms with Crippen molar-refractivity contribution in [2.45, 2.75) is 32.4 Å². The number of carbonyl (C=O) groups excluding carboxylic acids is 1. The lowest BCUT2D eigenvalue weighted by atomic mass is 10.1. The molecule has 1 amide bonds. The maximum atomic E-state index is 11.7. The lowest BCUT2D eigenvalue weighted by Crippen LogP contribution is -2.61. The van der Waals surface area contributed by atoms with Gasteiger partial charge in [-0.25, -0.2) is 4.79 Å². The van der Waals surface area contributed by atoms with E-state index in [1.807, 2.05) is 20.8 Å². The first kappa shape index (κ1) is 14.3. The van der Waals surface area contributed by atoms with Crippen LogP contribution in [0, 0.1) is 5.41 Å². The van der Waals surface area contributed by atoms with Crippen LogP contribution in [0.4, 0.5) is 4.79 Å². The molecule has 0 aromatic rings. The molecule has 0 atom stereocenters.